The van der Waals surface area contributed by atoms with Crippen LogP contribution in [0.15, 0.2) is 30.7 Å². The first-order valence-electron chi connectivity index (χ1n) is 14.7. The first-order valence-corrected chi connectivity index (χ1v) is 15.0. The largest absolute Gasteiger partial charge is 0.379 e. The molecule has 208 valence electrons. The van der Waals surface area contributed by atoms with Crippen LogP contribution in [0.2, 0.25) is 5.02 Å². The number of halogens is 1. The van der Waals surface area contributed by atoms with Gasteiger partial charge in [0.25, 0.3) is 0 Å². The van der Waals surface area contributed by atoms with Crippen molar-refractivity contribution in [2.24, 2.45) is 5.92 Å². The average molecular weight is 550 g/mol. The number of H-pyrrole nitrogens is 1. The number of aliphatic hydroxyl groups excluding tert-OH is 1. The normalized spacial score (nSPS) is 20.4. The minimum atomic E-state index is -0.443. The minimum absolute atomic E-state index is 0.443. The lowest BCUT2D eigenvalue weighted by Crippen LogP contribution is -2.37. The summed E-state index contributed by atoms with van der Waals surface area (Å²) in [6.45, 7) is 5.83. The summed E-state index contributed by atoms with van der Waals surface area (Å²) in [6.07, 6.45) is 13.2. The molecule has 39 heavy (non-hydrogen) atoms. The number of nitrogens with one attached hydrogen (secondary N) is 2. The number of hydrogen-bond donors (Lipinski definition) is 3. The van der Waals surface area contributed by atoms with Crippen LogP contribution in [-0.2, 0) is 12.8 Å². The van der Waals surface area contributed by atoms with Crippen molar-refractivity contribution in [2.75, 3.05) is 18.4 Å². The molecule has 2 aliphatic rings. The van der Waals surface area contributed by atoms with Crippen LogP contribution in [-0.4, -0.2) is 59.9 Å². The lowest BCUT2D eigenvalue weighted by atomic mass is 10.1. The van der Waals surface area contributed by atoms with Gasteiger partial charge in [0, 0.05) is 42.8 Å². The number of fused-ring (bicyclic) bond motifs is 2. The van der Waals surface area contributed by atoms with Crippen molar-refractivity contribution in [1.82, 2.24) is 29.4 Å². The van der Waals surface area contributed by atoms with Crippen LogP contribution >= 0.6 is 11.6 Å². The summed E-state index contributed by atoms with van der Waals surface area (Å²) in [6, 6.07) is 7.26. The zero-order chi connectivity index (χ0) is 26.9. The van der Waals surface area contributed by atoms with E-state index >= 15 is 0 Å². The number of nitrogens with zero attached hydrogens (tertiary/aromatic N) is 5. The molecule has 2 saturated carbocycles. The van der Waals surface area contributed by atoms with Crippen molar-refractivity contribution in [3.05, 3.63) is 47.1 Å². The van der Waals surface area contributed by atoms with Gasteiger partial charge in [-0.2, -0.15) is 0 Å². The first-order chi connectivity index (χ1) is 19.0. The lowest BCUT2D eigenvalue weighted by Gasteiger charge is -2.28. The standard InChI is InChI=1S/C30H40ClN7O/c1-3-21-15-26-27(16-25(21)31)36-28(35-26)6-4-5-12-37(19(2)39)17-20-7-10-23(14-20)38-13-11-24-29(34-22-8-9-22)32-18-33-30(24)38/h11,13,15-16,18-20,22-23,39H,3-10,12,14,17H2,1-2H3,(H,35,36)(H,32,33,34)/t19?,20-,23+/m1/s1. The highest BCUT2D eigenvalue weighted by atomic mass is 35.5. The maximum Gasteiger partial charge on any atom is 0.145 e. The molecule has 6 rings (SSSR count). The molecule has 3 N–H and O–H groups in total. The predicted molar refractivity (Wildman–Crippen MR) is 157 cm³/mol. The number of aryl methyl sites for hydroxylation is 2. The van der Waals surface area contributed by atoms with Gasteiger partial charge in [-0.25, -0.2) is 15.0 Å². The second-order valence-electron chi connectivity index (χ2n) is 11.5. The fourth-order valence-electron chi connectivity index (χ4n) is 6.16. The van der Waals surface area contributed by atoms with Gasteiger partial charge in [-0.15, -0.1) is 0 Å². The highest BCUT2D eigenvalue weighted by Crippen LogP contribution is 2.38. The Bertz CT molecular complexity index is 1430. The van der Waals surface area contributed by atoms with Crippen LogP contribution in [0.4, 0.5) is 5.82 Å². The first kappa shape index (κ1) is 26.5. The van der Waals surface area contributed by atoms with E-state index in [2.05, 4.69) is 55.0 Å². The van der Waals surface area contributed by atoms with E-state index < -0.39 is 6.23 Å². The van der Waals surface area contributed by atoms with E-state index in [1.165, 1.54) is 19.3 Å². The number of aromatic nitrogens is 5. The summed E-state index contributed by atoms with van der Waals surface area (Å²) in [5.74, 6) is 2.55. The number of benzene rings is 1. The molecular weight excluding hydrogens is 510 g/mol. The molecule has 2 aliphatic carbocycles. The van der Waals surface area contributed by atoms with Crippen LogP contribution in [0.3, 0.4) is 0 Å². The molecule has 0 amide bonds. The van der Waals surface area contributed by atoms with E-state index in [-0.39, 0.29) is 0 Å². The highest BCUT2D eigenvalue weighted by Gasteiger charge is 2.30. The molecule has 1 aromatic carbocycles. The highest BCUT2D eigenvalue weighted by molar-refractivity contribution is 6.32. The third-order valence-electron chi connectivity index (χ3n) is 8.54. The monoisotopic (exact) mass is 549 g/mol. The molecule has 8 nitrogen and oxygen atoms in total. The van der Waals surface area contributed by atoms with E-state index in [1.54, 1.807) is 6.33 Å². The van der Waals surface area contributed by atoms with Crippen LogP contribution in [0.1, 0.15) is 76.2 Å². The van der Waals surface area contributed by atoms with E-state index in [0.29, 0.717) is 18.0 Å². The number of hydrogen-bond acceptors (Lipinski definition) is 6. The van der Waals surface area contributed by atoms with Crippen LogP contribution in [0.5, 0.6) is 0 Å². The number of unbranched alkanes of at least 4 members (excludes halogenated alkanes) is 1. The molecule has 0 saturated heterocycles. The summed E-state index contributed by atoms with van der Waals surface area (Å²) in [5, 5.41) is 16.0. The van der Waals surface area contributed by atoms with E-state index in [1.807, 2.05) is 13.0 Å². The van der Waals surface area contributed by atoms with E-state index in [0.717, 1.165) is 95.9 Å². The smallest absolute Gasteiger partial charge is 0.145 e. The molecule has 0 bridgehead atoms. The summed E-state index contributed by atoms with van der Waals surface area (Å²) in [5.41, 5.74) is 4.18. The summed E-state index contributed by atoms with van der Waals surface area (Å²) in [4.78, 5) is 19.6. The van der Waals surface area contributed by atoms with Crippen LogP contribution in [0, 0.1) is 5.92 Å². The summed E-state index contributed by atoms with van der Waals surface area (Å²) in [7, 11) is 0. The van der Waals surface area contributed by atoms with Crippen molar-refractivity contribution in [2.45, 2.75) is 89.9 Å². The molecular formula is C30H40ClN7O. The minimum Gasteiger partial charge on any atom is -0.379 e. The number of aromatic amines is 1. The second kappa shape index (κ2) is 11.4. The van der Waals surface area contributed by atoms with Gasteiger partial charge in [-0.3, -0.25) is 4.90 Å². The zero-order valence-electron chi connectivity index (χ0n) is 23.0. The Hall–Kier alpha value is -2.68. The third-order valence-corrected chi connectivity index (χ3v) is 8.90. The Morgan fingerprint density at radius 3 is 2.87 bits per heavy atom. The zero-order valence-corrected chi connectivity index (χ0v) is 23.8. The van der Waals surface area contributed by atoms with Gasteiger partial charge in [-0.1, -0.05) is 18.5 Å². The number of aliphatic hydroxyl groups is 1. The average Bonchev–Trinajstić information content (AvgIpc) is 3.27. The Morgan fingerprint density at radius 2 is 2.08 bits per heavy atom. The van der Waals surface area contributed by atoms with Crippen LogP contribution in [0.25, 0.3) is 22.1 Å². The molecule has 3 heterocycles. The molecule has 3 aromatic heterocycles. The Morgan fingerprint density at radius 1 is 1.21 bits per heavy atom. The molecule has 1 unspecified atom stereocenters. The number of imidazole rings is 1. The van der Waals surface area contributed by atoms with Gasteiger partial charge in [0.1, 0.15) is 29.8 Å². The molecule has 0 radical (unpaired) electrons. The molecule has 0 spiro atoms. The second-order valence-corrected chi connectivity index (χ2v) is 11.9. The Balaban J connectivity index is 1.01. The molecule has 4 aromatic rings. The molecule has 9 heteroatoms. The van der Waals surface area contributed by atoms with Gasteiger partial charge >= 0.3 is 0 Å². The third kappa shape index (κ3) is 5.93. The quantitative estimate of drug-likeness (QED) is 0.146. The predicted octanol–water partition coefficient (Wildman–Crippen LogP) is 6.10. The number of anilines is 1. The fourth-order valence-corrected chi connectivity index (χ4v) is 6.45. The fraction of sp³-hybridized carbons (Fsp3) is 0.567. The van der Waals surface area contributed by atoms with Crippen molar-refractivity contribution in [1.29, 1.82) is 0 Å². The van der Waals surface area contributed by atoms with E-state index in [9.17, 15) is 5.11 Å². The molecule has 3 atom stereocenters. The van der Waals surface area contributed by atoms with Gasteiger partial charge < -0.3 is 20.0 Å². The number of rotatable bonds is 12. The topological polar surface area (TPSA) is 94.9 Å². The molecule has 2 fully saturated rings. The SMILES string of the molecule is CCc1cc2[nH]c(CCCCN(C[C@@H]3CC[C@H](n4ccc5c(NC6CC6)ncnc54)C3)C(C)O)nc2cc1Cl. The van der Waals surface area contributed by atoms with Crippen molar-refractivity contribution >= 4 is 39.5 Å². The van der Waals surface area contributed by atoms with Gasteiger partial charge in [-0.05, 0) is 88.0 Å². The van der Waals surface area contributed by atoms with Gasteiger partial charge in [0.05, 0.1) is 16.4 Å². The van der Waals surface area contributed by atoms with Crippen LogP contribution < -0.4 is 5.32 Å². The van der Waals surface area contributed by atoms with Gasteiger partial charge in [0.15, 0.2) is 0 Å². The molecule has 0 aliphatic heterocycles. The van der Waals surface area contributed by atoms with Crippen molar-refractivity contribution in [3.8, 4) is 0 Å². The summed E-state index contributed by atoms with van der Waals surface area (Å²) >= 11 is 6.37. The lowest BCUT2D eigenvalue weighted by molar-refractivity contribution is 0.00731. The van der Waals surface area contributed by atoms with E-state index in [4.69, 9.17) is 16.6 Å². The Labute approximate surface area is 235 Å². The maximum absolute atomic E-state index is 10.5. The van der Waals surface area contributed by atoms with Crippen molar-refractivity contribution < 1.29 is 5.11 Å². The maximum atomic E-state index is 10.5. The van der Waals surface area contributed by atoms with Gasteiger partial charge in [0.2, 0.25) is 0 Å². The summed E-state index contributed by atoms with van der Waals surface area (Å²) < 4.78 is 2.35. The Kier molecular flexibility index (Phi) is 7.78. The van der Waals surface area contributed by atoms with Crippen molar-refractivity contribution in [3.63, 3.8) is 0 Å².